The van der Waals surface area contributed by atoms with Gasteiger partial charge < -0.3 is 10.2 Å². The summed E-state index contributed by atoms with van der Waals surface area (Å²) in [6, 6.07) is 15.5. The van der Waals surface area contributed by atoms with Crippen molar-refractivity contribution in [3.05, 3.63) is 89.5 Å². The van der Waals surface area contributed by atoms with Crippen molar-refractivity contribution in [3.8, 4) is 0 Å². The van der Waals surface area contributed by atoms with Crippen molar-refractivity contribution in [2.24, 2.45) is 0 Å². The van der Waals surface area contributed by atoms with E-state index in [0.717, 1.165) is 17.7 Å². The van der Waals surface area contributed by atoms with Crippen LogP contribution in [0.3, 0.4) is 0 Å². The van der Waals surface area contributed by atoms with Gasteiger partial charge in [0.25, 0.3) is 5.91 Å². The number of nitrogens with zero attached hydrogens (tertiary/aromatic N) is 2. The number of rotatable bonds is 5. The minimum absolute atomic E-state index is 0.0847. The van der Waals surface area contributed by atoms with Crippen LogP contribution in [0.1, 0.15) is 27.9 Å². The normalized spacial score (nSPS) is 12.5. The zero-order valence-corrected chi connectivity index (χ0v) is 15.8. The van der Waals surface area contributed by atoms with Gasteiger partial charge >= 0.3 is 0 Å². The fourth-order valence-corrected chi connectivity index (χ4v) is 3.51. The van der Waals surface area contributed by atoms with Crippen molar-refractivity contribution in [2.45, 2.75) is 19.3 Å². The van der Waals surface area contributed by atoms with E-state index >= 15 is 0 Å². The van der Waals surface area contributed by atoms with Crippen LogP contribution in [0.15, 0.2) is 67.0 Å². The number of aryl methyl sites for hydroxylation is 1. The second-order valence-electron chi connectivity index (χ2n) is 6.93. The number of nitrogens with one attached hydrogen (secondary N) is 1. The van der Waals surface area contributed by atoms with Crippen LogP contribution in [0.5, 0.6) is 0 Å². The van der Waals surface area contributed by atoms with Crippen LogP contribution >= 0.6 is 0 Å². The maximum absolute atomic E-state index is 13.7. The van der Waals surface area contributed by atoms with Gasteiger partial charge in [-0.1, -0.05) is 18.2 Å². The zero-order valence-electron chi connectivity index (χ0n) is 15.8. The highest BCUT2D eigenvalue weighted by molar-refractivity contribution is 6.07. The molecular formula is C23H20FN3O2. The Labute approximate surface area is 168 Å². The summed E-state index contributed by atoms with van der Waals surface area (Å²) in [7, 11) is 0. The van der Waals surface area contributed by atoms with Gasteiger partial charge in [-0.25, -0.2) is 4.39 Å². The van der Waals surface area contributed by atoms with Crippen molar-refractivity contribution in [1.82, 2.24) is 4.98 Å². The monoisotopic (exact) mass is 389 g/mol. The molecule has 0 bridgehead atoms. The second-order valence-corrected chi connectivity index (χ2v) is 6.93. The average molecular weight is 389 g/mol. The molecule has 0 saturated carbocycles. The molecule has 1 aromatic heterocycles. The third-order valence-corrected chi connectivity index (χ3v) is 4.99. The topological polar surface area (TPSA) is 62.3 Å². The first-order chi connectivity index (χ1) is 14.1. The fraction of sp³-hybridized carbons (Fsp3) is 0.174. The minimum Gasteiger partial charge on any atom is -0.326 e. The number of halogens is 1. The van der Waals surface area contributed by atoms with E-state index in [1.54, 1.807) is 53.7 Å². The molecule has 0 unspecified atom stereocenters. The zero-order chi connectivity index (χ0) is 20.2. The van der Waals surface area contributed by atoms with E-state index in [1.165, 1.54) is 6.07 Å². The Morgan fingerprint density at radius 3 is 2.76 bits per heavy atom. The lowest BCUT2D eigenvalue weighted by Gasteiger charge is -2.17. The Morgan fingerprint density at radius 2 is 1.97 bits per heavy atom. The summed E-state index contributed by atoms with van der Waals surface area (Å²) in [4.78, 5) is 30.7. The standard InChI is InChI=1S/C23H20FN3O2/c24-20-6-2-1-4-16(20)7-10-22(28)26-19-8-9-21-17(14-19)11-13-27(21)23(29)18-5-3-12-25-15-18/h1-6,8-9,12,14-15H,7,10-11,13H2,(H,26,28). The number of carbonyl (C=O) groups excluding carboxylic acids is 2. The number of hydrogen-bond donors (Lipinski definition) is 1. The Morgan fingerprint density at radius 1 is 1.10 bits per heavy atom. The lowest BCUT2D eigenvalue weighted by atomic mass is 10.1. The van der Waals surface area contributed by atoms with E-state index in [0.29, 0.717) is 29.8 Å². The van der Waals surface area contributed by atoms with Crippen molar-refractivity contribution in [2.75, 3.05) is 16.8 Å². The van der Waals surface area contributed by atoms with Gasteiger partial charge in [-0.05, 0) is 60.4 Å². The molecule has 4 rings (SSSR count). The van der Waals surface area contributed by atoms with Crippen molar-refractivity contribution in [1.29, 1.82) is 0 Å². The van der Waals surface area contributed by atoms with Gasteiger partial charge in [-0.3, -0.25) is 14.6 Å². The van der Waals surface area contributed by atoms with Crippen LogP contribution in [0.4, 0.5) is 15.8 Å². The van der Waals surface area contributed by atoms with E-state index < -0.39 is 0 Å². The van der Waals surface area contributed by atoms with Crippen molar-refractivity contribution < 1.29 is 14.0 Å². The summed E-state index contributed by atoms with van der Waals surface area (Å²) >= 11 is 0. The molecule has 0 atom stereocenters. The van der Waals surface area contributed by atoms with Gasteiger partial charge in [-0.15, -0.1) is 0 Å². The summed E-state index contributed by atoms with van der Waals surface area (Å²) < 4.78 is 13.7. The molecule has 0 aliphatic carbocycles. The second kappa shape index (κ2) is 8.22. The van der Waals surface area contributed by atoms with Crippen LogP contribution in [0.2, 0.25) is 0 Å². The van der Waals surface area contributed by atoms with Crippen LogP contribution in [0, 0.1) is 5.82 Å². The van der Waals surface area contributed by atoms with Gasteiger partial charge in [-0.2, -0.15) is 0 Å². The Balaban J connectivity index is 1.41. The van der Waals surface area contributed by atoms with E-state index in [9.17, 15) is 14.0 Å². The molecule has 0 fully saturated rings. The molecule has 1 aliphatic heterocycles. The maximum Gasteiger partial charge on any atom is 0.259 e. The van der Waals surface area contributed by atoms with Crippen LogP contribution in [0.25, 0.3) is 0 Å². The number of fused-ring (bicyclic) bond motifs is 1. The molecule has 2 amide bonds. The summed E-state index contributed by atoms with van der Waals surface area (Å²) in [5.41, 5.74) is 3.61. The molecular weight excluding hydrogens is 369 g/mol. The molecule has 5 nitrogen and oxygen atoms in total. The van der Waals surface area contributed by atoms with Gasteiger partial charge in [0.05, 0.1) is 5.56 Å². The lowest BCUT2D eigenvalue weighted by molar-refractivity contribution is -0.116. The highest BCUT2D eigenvalue weighted by atomic mass is 19.1. The third kappa shape index (κ3) is 4.16. The van der Waals surface area contributed by atoms with E-state index in [-0.39, 0.29) is 24.1 Å². The Bertz CT molecular complexity index is 1050. The molecule has 1 aliphatic rings. The number of amides is 2. The molecule has 6 heteroatoms. The Kier molecular flexibility index (Phi) is 5.33. The molecule has 2 aromatic carbocycles. The van der Waals surface area contributed by atoms with E-state index in [4.69, 9.17) is 0 Å². The number of pyridine rings is 1. The molecule has 2 heterocycles. The molecule has 29 heavy (non-hydrogen) atoms. The van der Waals surface area contributed by atoms with Gasteiger partial charge in [0.15, 0.2) is 0 Å². The number of benzene rings is 2. The molecule has 0 spiro atoms. The minimum atomic E-state index is -0.295. The number of hydrogen-bond acceptors (Lipinski definition) is 3. The fourth-order valence-electron chi connectivity index (χ4n) is 3.51. The highest BCUT2D eigenvalue weighted by Crippen LogP contribution is 2.31. The third-order valence-electron chi connectivity index (χ3n) is 4.99. The molecule has 1 N–H and O–H groups in total. The molecule has 3 aromatic rings. The first-order valence-corrected chi connectivity index (χ1v) is 9.50. The molecule has 146 valence electrons. The summed E-state index contributed by atoms with van der Waals surface area (Å²) in [6.45, 7) is 0.591. The summed E-state index contributed by atoms with van der Waals surface area (Å²) in [5.74, 6) is -0.552. The smallest absolute Gasteiger partial charge is 0.259 e. The maximum atomic E-state index is 13.7. The number of anilines is 2. The largest absolute Gasteiger partial charge is 0.326 e. The molecule has 0 saturated heterocycles. The van der Waals surface area contributed by atoms with E-state index in [2.05, 4.69) is 10.3 Å². The first kappa shape index (κ1) is 18.8. The van der Waals surface area contributed by atoms with Crippen LogP contribution in [-0.4, -0.2) is 23.3 Å². The first-order valence-electron chi connectivity index (χ1n) is 9.50. The quantitative estimate of drug-likeness (QED) is 0.718. The summed E-state index contributed by atoms with van der Waals surface area (Å²) in [6.07, 6.45) is 4.46. The lowest BCUT2D eigenvalue weighted by Crippen LogP contribution is -2.28. The average Bonchev–Trinajstić information content (AvgIpc) is 3.16. The Hall–Kier alpha value is -3.54. The van der Waals surface area contributed by atoms with Crippen LogP contribution < -0.4 is 10.2 Å². The van der Waals surface area contributed by atoms with Gasteiger partial charge in [0, 0.05) is 36.7 Å². The van der Waals surface area contributed by atoms with Crippen molar-refractivity contribution in [3.63, 3.8) is 0 Å². The van der Waals surface area contributed by atoms with Crippen LogP contribution in [-0.2, 0) is 17.6 Å². The predicted octanol–water partition coefficient (Wildman–Crippen LogP) is 3.99. The summed E-state index contributed by atoms with van der Waals surface area (Å²) in [5, 5.41) is 2.86. The molecule has 0 radical (unpaired) electrons. The predicted molar refractivity (Wildman–Crippen MR) is 109 cm³/mol. The highest BCUT2D eigenvalue weighted by Gasteiger charge is 2.26. The van der Waals surface area contributed by atoms with Crippen molar-refractivity contribution >= 4 is 23.2 Å². The van der Waals surface area contributed by atoms with Gasteiger partial charge in [0.2, 0.25) is 5.91 Å². The van der Waals surface area contributed by atoms with Gasteiger partial charge in [0.1, 0.15) is 5.82 Å². The number of aromatic nitrogens is 1. The number of carbonyl (C=O) groups is 2. The van der Waals surface area contributed by atoms with E-state index in [1.807, 2.05) is 12.1 Å². The SMILES string of the molecule is O=C(CCc1ccccc1F)Nc1ccc2c(c1)CCN2C(=O)c1cccnc1.